The minimum Gasteiger partial charge on any atom is -0.481 e. The van der Waals surface area contributed by atoms with E-state index < -0.39 is 11.6 Å². The van der Waals surface area contributed by atoms with Gasteiger partial charge in [0.25, 0.3) is 0 Å². The smallest absolute Gasteiger partial charge is 0.337 e. The zero-order valence-corrected chi connectivity index (χ0v) is 9.91. The molecular formula is C12H10O4S. The van der Waals surface area contributed by atoms with Crippen LogP contribution in [0.1, 0.15) is 5.56 Å². The Balaban J connectivity index is 2.55. The molecule has 0 saturated carbocycles. The van der Waals surface area contributed by atoms with Gasteiger partial charge in [-0.05, 0) is 19.1 Å². The Kier molecular flexibility index (Phi) is 3.19. The maximum absolute atomic E-state index is 11.3. The van der Waals surface area contributed by atoms with Crippen LogP contribution in [0.3, 0.4) is 0 Å². The molecule has 17 heavy (non-hydrogen) atoms. The minimum absolute atomic E-state index is 0.0769. The highest BCUT2D eigenvalue weighted by Gasteiger charge is 2.08. The van der Waals surface area contributed by atoms with E-state index in [1.165, 1.54) is 6.07 Å². The van der Waals surface area contributed by atoms with Gasteiger partial charge in [0.1, 0.15) is 5.58 Å². The van der Waals surface area contributed by atoms with Gasteiger partial charge in [0, 0.05) is 16.3 Å². The summed E-state index contributed by atoms with van der Waals surface area (Å²) in [6.45, 7) is 1.93. The number of benzene rings is 1. The van der Waals surface area contributed by atoms with Crippen molar-refractivity contribution < 1.29 is 14.3 Å². The van der Waals surface area contributed by atoms with E-state index in [-0.39, 0.29) is 5.75 Å². The summed E-state index contributed by atoms with van der Waals surface area (Å²) in [6, 6.07) is 6.77. The number of fused-ring (bicyclic) bond motifs is 1. The van der Waals surface area contributed by atoms with Crippen LogP contribution in [-0.2, 0) is 4.79 Å². The first kappa shape index (κ1) is 11.7. The summed E-state index contributed by atoms with van der Waals surface area (Å²) in [7, 11) is 0. The summed E-state index contributed by atoms with van der Waals surface area (Å²) >= 11 is 1.12. The van der Waals surface area contributed by atoms with Crippen LogP contribution in [0.25, 0.3) is 11.0 Å². The number of carboxylic acids is 1. The zero-order valence-electron chi connectivity index (χ0n) is 9.10. The van der Waals surface area contributed by atoms with Crippen molar-refractivity contribution in [1.82, 2.24) is 0 Å². The van der Waals surface area contributed by atoms with E-state index in [0.717, 1.165) is 22.7 Å². The van der Waals surface area contributed by atoms with Gasteiger partial charge in [-0.15, -0.1) is 11.8 Å². The molecule has 0 amide bonds. The zero-order chi connectivity index (χ0) is 12.4. The first-order chi connectivity index (χ1) is 8.06. The van der Waals surface area contributed by atoms with E-state index in [0.29, 0.717) is 10.5 Å². The number of carboxylic acid groups (broad SMARTS) is 1. The van der Waals surface area contributed by atoms with Crippen molar-refractivity contribution in [2.24, 2.45) is 0 Å². The lowest BCUT2D eigenvalue weighted by Crippen LogP contribution is -2.01. The van der Waals surface area contributed by atoms with Gasteiger partial charge in [-0.25, -0.2) is 4.79 Å². The van der Waals surface area contributed by atoms with Gasteiger partial charge >= 0.3 is 11.6 Å². The van der Waals surface area contributed by atoms with Crippen LogP contribution in [0.15, 0.2) is 38.4 Å². The number of rotatable bonds is 3. The van der Waals surface area contributed by atoms with Crippen molar-refractivity contribution >= 4 is 28.7 Å². The maximum atomic E-state index is 11.3. The third-order valence-electron chi connectivity index (χ3n) is 2.21. The molecule has 0 aliphatic carbocycles. The summed E-state index contributed by atoms with van der Waals surface area (Å²) in [5.41, 5.74) is 1.05. The molecule has 0 spiro atoms. The fraction of sp³-hybridized carbons (Fsp3) is 0.167. The molecule has 0 radical (unpaired) electrons. The number of hydrogen-bond donors (Lipinski definition) is 1. The Morgan fingerprint density at radius 3 is 2.88 bits per heavy atom. The molecule has 1 heterocycles. The largest absolute Gasteiger partial charge is 0.481 e. The molecule has 2 rings (SSSR count). The summed E-state index contributed by atoms with van der Waals surface area (Å²) in [5.74, 6) is -0.990. The van der Waals surface area contributed by atoms with Crippen molar-refractivity contribution in [3.8, 4) is 0 Å². The van der Waals surface area contributed by atoms with Crippen molar-refractivity contribution in [2.45, 2.75) is 11.8 Å². The average molecular weight is 250 g/mol. The van der Waals surface area contributed by atoms with E-state index in [1.54, 1.807) is 6.07 Å². The fourth-order valence-electron chi connectivity index (χ4n) is 1.51. The van der Waals surface area contributed by atoms with Crippen LogP contribution in [-0.4, -0.2) is 16.8 Å². The number of thioether (sulfide) groups is 1. The molecule has 0 unspecified atom stereocenters. The van der Waals surface area contributed by atoms with Gasteiger partial charge in [-0.1, -0.05) is 11.6 Å². The van der Waals surface area contributed by atoms with E-state index in [9.17, 15) is 9.59 Å². The average Bonchev–Trinajstić information content (AvgIpc) is 2.26. The monoisotopic (exact) mass is 250 g/mol. The molecule has 0 aliphatic rings. The summed E-state index contributed by atoms with van der Waals surface area (Å²) < 4.78 is 5.05. The molecular weight excluding hydrogens is 240 g/mol. The molecule has 0 aliphatic heterocycles. The predicted molar refractivity (Wildman–Crippen MR) is 65.6 cm³/mol. The molecule has 0 atom stereocenters. The highest BCUT2D eigenvalue weighted by Crippen LogP contribution is 2.26. The van der Waals surface area contributed by atoms with Crippen LogP contribution >= 0.6 is 11.8 Å². The van der Waals surface area contributed by atoms with Crippen LogP contribution in [0.5, 0.6) is 0 Å². The highest BCUT2D eigenvalue weighted by atomic mass is 32.2. The molecule has 0 fully saturated rings. The summed E-state index contributed by atoms with van der Waals surface area (Å²) in [6.07, 6.45) is 0. The maximum Gasteiger partial charge on any atom is 0.337 e. The van der Waals surface area contributed by atoms with Crippen LogP contribution in [0.2, 0.25) is 0 Å². The van der Waals surface area contributed by atoms with Crippen molar-refractivity contribution in [1.29, 1.82) is 0 Å². The second-order valence-corrected chi connectivity index (χ2v) is 4.63. The molecule has 1 N–H and O–H groups in total. The standard InChI is InChI=1S/C12H10O4S/c1-7-2-3-9-8(4-7)10(5-12(15)16-9)17-6-11(13)14/h2-5H,6H2,1H3,(H,13,14). The molecule has 1 aromatic heterocycles. The van der Waals surface area contributed by atoms with E-state index in [4.69, 9.17) is 9.52 Å². The van der Waals surface area contributed by atoms with Crippen molar-refractivity contribution in [3.05, 3.63) is 40.2 Å². The molecule has 0 saturated heterocycles. The van der Waals surface area contributed by atoms with Crippen molar-refractivity contribution in [3.63, 3.8) is 0 Å². The second-order valence-electron chi connectivity index (χ2n) is 3.61. The molecule has 0 bridgehead atoms. The van der Waals surface area contributed by atoms with Gasteiger partial charge in [0.05, 0.1) is 5.75 Å². The molecule has 4 nitrogen and oxygen atoms in total. The van der Waals surface area contributed by atoms with Gasteiger partial charge in [-0.2, -0.15) is 0 Å². The Morgan fingerprint density at radius 1 is 1.41 bits per heavy atom. The number of aryl methyl sites for hydroxylation is 1. The lowest BCUT2D eigenvalue weighted by atomic mass is 10.2. The van der Waals surface area contributed by atoms with E-state index in [2.05, 4.69) is 0 Å². The third-order valence-corrected chi connectivity index (χ3v) is 3.25. The van der Waals surface area contributed by atoms with Gasteiger partial charge in [0.2, 0.25) is 0 Å². The Morgan fingerprint density at radius 2 is 2.18 bits per heavy atom. The lowest BCUT2D eigenvalue weighted by molar-refractivity contribution is -0.133. The van der Waals surface area contributed by atoms with Crippen LogP contribution in [0, 0.1) is 6.92 Å². The topological polar surface area (TPSA) is 67.5 Å². The van der Waals surface area contributed by atoms with Gasteiger partial charge in [-0.3, -0.25) is 4.79 Å². The Labute approximate surface area is 101 Å². The quantitative estimate of drug-likeness (QED) is 0.668. The Hall–Kier alpha value is -1.75. The number of carbonyl (C=O) groups is 1. The first-order valence-electron chi connectivity index (χ1n) is 4.95. The SMILES string of the molecule is Cc1ccc2oc(=O)cc(SCC(=O)O)c2c1. The van der Waals surface area contributed by atoms with Crippen molar-refractivity contribution in [2.75, 3.05) is 5.75 Å². The number of hydrogen-bond acceptors (Lipinski definition) is 4. The van der Waals surface area contributed by atoms with Crippen LogP contribution < -0.4 is 5.63 Å². The summed E-state index contributed by atoms with van der Waals surface area (Å²) in [5, 5.41) is 9.42. The predicted octanol–water partition coefficient (Wildman–Crippen LogP) is 2.28. The minimum atomic E-state index is -0.913. The normalized spacial score (nSPS) is 10.6. The second kappa shape index (κ2) is 4.63. The molecule has 2 aromatic rings. The highest BCUT2D eigenvalue weighted by molar-refractivity contribution is 8.00. The van der Waals surface area contributed by atoms with Gasteiger partial charge in [0.15, 0.2) is 0 Å². The fourth-order valence-corrected chi connectivity index (χ4v) is 2.28. The molecule has 1 aromatic carbocycles. The molecule has 5 heteroatoms. The van der Waals surface area contributed by atoms with Gasteiger partial charge < -0.3 is 9.52 Å². The third kappa shape index (κ3) is 2.68. The Bertz CT molecular complexity index is 630. The lowest BCUT2D eigenvalue weighted by Gasteiger charge is -2.04. The number of aliphatic carboxylic acids is 1. The van der Waals surface area contributed by atoms with E-state index >= 15 is 0 Å². The first-order valence-corrected chi connectivity index (χ1v) is 5.94. The molecule has 88 valence electrons. The van der Waals surface area contributed by atoms with E-state index in [1.807, 2.05) is 19.1 Å². The van der Waals surface area contributed by atoms with Crippen LogP contribution in [0.4, 0.5) is 0 Å². The summed E-state index contributed by atoms with van der Waals surface area (Å²) in [4.78, 5) is 22.5.